The lowest BCUT2D eigenvalue weighted by Crippen LogP contribution is -2.24. The molecule has 0 spiro atoms. The van der Waals surface area contributed by atoms with Crippen molar-refractivity contribution in [1.29, 1.82) is 0 Å². The molecule has 0 aliphatic heterocycles. The number of thiocarbonyl (C=S) groups is 1. The number of benzene rings is 1. The molecule has 0 radical (unpaired) electrons. The molecular formula is C15H17ClN4OS. The van der Waals surface area contributed by atoms with E-state index < -0.39 is 0 Å². The first-order chi connectivity index (χ1) is 10.4. The van der Waals surface area contributed by atoms with Crippen LogP contribution in [0.25, 0.3) is 5.69 Å². The molecule has 0 atom stereocenters. The highest BCUT2D eigenvalue weighted by Gasteiger charge is 2.11. The largest absolute Gasteiger partial charge is 0.495 e. The first-order valence-corrected chi connectivity index (χ1v) is 7.34. The molecule has 0 fully saturated rings. The zero-order valence-electron chi connectivity index (χ0n) is 12.6. The van der Waals surface area contributed by atoms with E-state index >= 15 is 0 Å². The number of aryl methyl sites for hydroxylation is 1. The van der Waals surface area contributed by atoms with E-state index in [1.807, 2.05) is 38.1 Å². The standard InChI is InChI=1S/C15H17ClN4OS/c1-9-6-11(8-18-19-15(17)22)10(2)20(9)12-4-5-14(21-3)13(16)7-12/h4-8H,1-3H3,(H3,17,19,22)/b18-8+. The molecule has 0 saturated carbocycles. The van der Waals surface area contributed by atoms with Gasteiger partial charge in [0.05, 0.1) is 18.3 Å². The van der Waals surface area contributed by atoms with Crippen molar-refractivity contribution in [2.45, 2.75) is 13.8 Å². The van der Waals surface area contributed by atoms with Crippen molar-refractivity contribution >= 4 is 35.1 Å². The van der Waals surface area contributed by atoms with Gasteiger partial charge in [0, 0.05) is 22.6 Å². The van der Waals surface area contributed by atoms with Crippen LogP contribution in [0.3, 0.4) is 0 Å². The van der Waals surface area contributed by atoms with Crippen molar-refractivity contribution in [1.82, 2.24) is 9.99 Å². The van der Waals surface area contributed by atoms with Gasteiger partial charge < -0.3 is 15.0 Å². The van der Waals surface area contributed by atoms with Crippen LogP contribution in [-0.4, -0.2) is 23.0 Å². The molecular weight excluding hydrogens is 320 g/mol. The highest BCUT2D eigenvalue weighted by Crippen LogP contribution is 2.28. The van der Waals surface area contributed by atoms with Gasteiger partial charge in [-0.3, -0.25) is 5.43 Å². The minimum absolute atomic E-state index is 0.131. The summed E-state index contributed by atoms with van der Waals surface area (Å²) in [5, 5.41) is 4.69. The van der Waals surface area contributed by atoms with Crippen LogP contribution in [0.4, 0.5) is 0 Å². The van der Waals surface area contributed by atoms with Gasteiger partial charge in [0.25, 0.3) is 0 Å². The van der Waals surface area contributed by atoms with Crippen LogP contribution in [0.15, 0.2) is 29.4 Å². The Morgan fingerprint density at radius 1 is 1.41 bits per heavy atom. The summed E-state index contributed by atoms with van der Waals surface area (Å²) < 4.78 is 7.27. The number of hydrogen-bond donors (Lipinski definition) is 2. The van der Waals surface area contributed by atoms with Gasteiger partial charge in [-0.15, -0.1) is 0 Å². The second-order valence-electron chi connectivity index (χ2n) is 4.71. The Hall–Kier alpha value is -2.05. The van der Waals surface area contributed by atoms with E-state index in [4.69, 9.17) is 34.3 Å². The van der Waals surface area contributed by atoms with E-state index in [1.165, 1.54) is 0 Å². The molecule has 1 heterocycles. The van der Waals surface area contributed by atoms with Crippen molar-refractivity contribution in [2.24, 2.45) is 10.8 Å². The number of hydrogen-bond acceptors (Lipinski definition) is 3. The van der Waals surface area contributed by atoms with Crippen molar-refractivity contribution < 1.29 is 4.74 Å². The molecule has 0 aliphatic carbocycles. The number of aromatic nitrogens is 1. The Morgan fingerprint density at radius 2 is 2.14 bits per heavy atom. The molecule has 0 aliphatic rings. The Bertz CT molecular complexity index is 739. The van der Waals surface area contributed by atoms with Crippen molar-refractivity contribution in [2.75, 3.05) is 7.11 Å². The molecule has 0 saturated heterocycles. The topological polar surface area (TPSA) is 64.6 Å². The minimum Gasteiger partial charge on any atom is -0.495 e. The Balaban J connectivity index is 2.40. The van der Waals surface area contributed by atoms with Crippen LogP contribution in [0.2, 0.25) is 5.02 Å². The highest BCUT2D eigenvalue weighted by molar-refractivity contribution is 7.80. The fourth-order valence-corrected chi connectivity index (χ4v) is 2.58. The first kappa shape index (κ1) is 16.3. The van der Waals surface area contributed by atoms with E-state index in [2.05, 4.69) is 15.1 Å². The predicted octanol–water partition coefficient (Wildman–Crippen LogP) is 2.92. The normalized spacial score (nSPS) is 10.9. The molecule has 5 nitrogen and oxygen atoms in total. The maximum absolute atomic E-state index is 6.21. The molecule has 1 aromatic carbocycles. The summed E-state index contributed by atoms with van der Waals surface area (Å²) in [6, 6.07) is 7.70. The second kappa shape index (κ2) is 6.81. The molecule has 1 aromatic heterocycles. The van der Waals surface area contributed by atoms with Gasteiger partial charge >= 0.3 is 0 Å². The highest BCUT2D eigenvalue weighted by atomic mass is 35.5. The molecule has 0 amide bonds. The van der Waals surface area contributed by atoms with E-state index in [-0.39, 0.29) is 5.11 Å². The Kier molecular flexibility index (Phi) is 5.05. The number of methoxy groups -OCH3 is 1. The SMILES string of the molecule is COc1ccc(-n2c(C)cc(/C=N/NC(N)=S)c2C)cc1Cl. The van der Waals surface area contributed by atoms with E-state index in [0.29, 0.717) is 10.8 Å². The number of rotatable bonds is 4. The van der Waals surface area contributed by atoms with Crippen LogP contribution in [-0.2, 0) is 0 Å². The lowest BCUT2D eigenvalue weighted by atomic mass is 10.2. The number of hydrazone groups is 1. The summed E-state index contributed by atoms with van der Waals surface area (Å²) in [5.74, 6) is 0.648. The summed E-state index contributed by atoms with van der Waals surface area (Å²) in [4.78, 5) is 0. The number of halogens is 1. The fraction of sp³-hybridized carbons (Fsp3) is 0.200. The van der Waals surface area contributed by atoms with Crippen LogP contribution in [0, 0.1) is 13.8 Å². The zero-order valence-corrected chi connectivity index (χ0v) is 14.1. The van der Waals surface area contributed by atoms with Gasteiger partial charge in [0.2, 0.25) is 0 Å². The maximum Gasteiger partial charge on any atom is 0.184 e. The van der Waals surface area contributed by atoms with Gasteiger partial charge in [0.15, 0.2) is 5.11 Å². The summed E-state index contributed by atoms with van der Waals surface area (Å²) in [7, 11) is 1.59. The van der Waals surface area contributed by atoms with Crippen molar-refractivity contribution in [3.05, 3.63) is 46.2 Å². The average molecular weight is 337 g/mol. The summed E-state index contributed by atoms with van der Waals surface area (Å²) in [5.41, 5.74) is 11.9. The van der Waals surface area contributed by atoms with Crippen LogP contribution >= 0.6 is 23.8 Å². The fourth-order valence-electron chi connectivity index (χ4n) is 2.28. The monoisotopic (exact) mass is 336 g/mol. The number of ether oxygens (including phenoxy) is 1. The lowest BCUT2D eigenvalue weighted by molar-refractivity contribution is 0.415. The van der Waals surface area contributed by atoms with E-state index in [0.717, 1.165) is 22.6 Å². The third-order valence-electron chi connectivity index (χ3n) is 3.24. The first-order valence-electron chi connectivity index (χ1n) is 6.55. The summed E-state index contributed by atoms with van der Waals surface area (Å²) in [6.45, 7) is 4.02. The smallest absolute Gasteiger partial charge is 0.184 e. The summed E-state index contributed by atoms with van der Waals surface area (Å²) in [6.07, 6.45) is 1.68. The molecule has 0 unspecified atom stereocenters. The van der Waals surface area contributed by atoms with Crippen LogP contribution in [0.1, 0.15) is 17.0 Å². The van der Waals surface area contributed by atoms with Gasteiger partial charge in [-0.2, -0.15) is 5.10 Å². The van der Waals surface area contributed by atoms with Crippen LogP contribution in [0.5, 0.6) is 5.75 Å². The zero-order chi connectivity index (χ0) is 16.3. The number of nitrogens with zero attached hydrogens (tertiary/aromatic N) is 2. The molecule has 2 rings (SSSR count). The minimum atomic E-state index is 0.131. The van der Waals surface area contributed by atoms with Gasteiger partial charge in [-0.1, -0.05) is 11.6 Å². The van der Waals surface area contributed by atoms with Gasteiger partial charge in [0.1, 0.15) is 5.75 Å². The van der Waals surface area contributed by atoms with E-state index in [1.54, 1.807) is 13.3 Å². The van der Waals surface area contributed by atoms with Gasteiger partial charge in [-0.05, 0) is 50.3 Å². The van der Waals surface area contributed by atoms with Crippen LogP contribution < -0.4 is 15.9 Å². The molecule has 116 valence electrons. The Morgan fingerprint density at radius 3 is 2.73 bits per heavy atom. The Labute approximate surface area is 139 Å². The molecule has 3 N–H and O–H groups in total. The third kappa shape index (κ3) is 3.40. The quantitative estimate of drug-likeness (QED) is 0.512. The summed E-state index contributed by atoms with van der Waals surface area (Å²) >= 11 is 10.9. The second-order valence-corrected chi connectivity index (χ2v) is 5.56. The average Bonchev–Trinajstić information content (AvgIpc) is 2.73. The maximum atomic E-state index is 6.21. The third-order valence-corrected chi connectivity index (χ3v) is 3.63. The number of nitrogens with two attached hydrogens (primary N) is 1. The van der Waals surface area contributed by atoms with Crippen molar-refractivity contribution in [3.8, 4) is 11.4 Å². The molecule has 2 aromatic rings. The lowest BCUT2D eigenvalue weighted by Gasteiger charge is -2.11. The molecule has 0 bridgehead atoms. The molecule has 7 heteroatoms. The van der Waals surface area contributed by atoms with Gasteiger partial charge in [-0.25, -0.2) is 0 Å². The number of nitrogens with one attached hydrogen (secondary N) is 1. The van der Waals surface area contributed by atoms with Crippen molar-refractivity contribution in [3.63, 3.8) is 0 Å². The predicted molar refractivity (Wildman–Crippen MR) is 94.3 cm³/mol. The molecule has 22 heavy (non-hydrogen) atoms. The van der Waals surface area contributed by atoms with E-state index in [9.17, 15) is 0 Å².